The summed E-state index contributed by atoms with van der Waals surface area (Å²) in [5, 5.41) is 9.75. The molecule has 1 atom stereocenters. The number of nitrogens with zero attached hydrogens (tertiary/aromatic N) is 4. The van der Waals surface area contributed by atoms with Gasteiger partial charge in [0.05, 0.1) is 0 Å². The number of amides is 1. The molecule has 4 rings (SSSR count). The van der Waals surface area contributed by atoms with Crippen LogP contribution in [0.5, 0.6) is 0 Å². The molecule has 2 aliphatic rings. The van der Waals surface area contributed by atoms with Crippen LogP contribution in [0.3, 0.4) is 0 Å². The number of carbonyl (C=O) groups is 1. The van der Waals surface area contributed by atoms with Gasteiger partial charge in [0.25, 0.3) is 0 Å². The molecular weight excluding hydrogens is 390 g/mol. The highest BCUT2D eigenvalue weighted by molar-refractivity contribution is 5.94. The smallest absolute Gasteiger partial charge is 0.225 e. The van der Waals surface area contributed by atoms with Crippen molar-refractivity contribution < 1.29 is 4.79 Å². The van der Waals surface area contributed by atoms with Gasteiger partial charge < -0.3 is 25.8 Å². The fraction of sp³-hybridized carbons (Fsp3) is 0.435. The zero-order valence-corrected chi connectivity index (χ0v) is 18.3. The number of carbonyl (C=O) groups excluding carboxylic acids is 1. The van der Waals surface area contributed by atoms with E-state index in [4.69, 9.17) is 0 Å². The molecule has 0 bridgehead atoms. The van der Waals surface area contributed by atoms with Crippen molar-refractivity contribution in [2.45, 2.75) is 18.9 Å². The van der Waals surface area contributed by atoms with E-state index >= 15 is 0 Å². The van der Waals surface area contributed by atoms with Crippen molar-refractivity contribution in [1.82, 2.24) is 20.5 Å². The number of aliphatic imine (C=N–C) groups is 1. The van der Waals surface area contributed by atoms with Crippen molar-refractivity contribution in [1.29, 1.82) is 0 Å². The first kappa shape index (κ1) is 21.1. The normalized spacial score (nSPS) is 19.5. The number of aromatic nitrogens is 1. The number of likely N-dealkylation sites (N-methyl/N-ethyl adjacent to an activating group) is 1. The first-order valence-corrected chi connectivity index (χ1v) is 10.8. The number of guanidine groups is 1. The van der Waals surface area contributed by atoms with Crippen LogP contribution < -0.4 is 20.9 Å². The number of pyridine rings is 1. The quantitative estimate of drug-likeness (QED) is 0.503. The van der Waals surface area contributed by atoms with E-state index in [1.165, 1.54) is 0 Å². The predicted molar refractivity (Wildman–Crippen MR) is 125 cm³/mol. The van der Waals surface area contributed by atoms with Crippen molar-refractivity contribution in [2.75, 3.05) is 57.0 Å². The summed E-state index contributed by atoms with van der Waals surface area (Å²) in [6.07, 6.45) is 2.33. The Balaban J connectivity index is 1.37. The van der Waals surface area contributed by atoms with Crippen molar-refractivity contribution >= 4 is 23.4 Å². The lowest BCUT2D eigenvalue weighted by Gasteiger charge is -2.34. The number of fused-ring (bicyclic) bond motifs is 1. The first-order valence-electron chi connectivity index (χ1n) is 10.8. The van der Waals surface area contributed by atoms with E-state index in [-0.39, 0.29) is 11.8 Å². The maximum atomic E-state index is 12.1. The van der Waals surface area contributed by atoms with Crippen molar-refractivity contribution in [2.24, 2.45) is 4.99 Å². The number of hydrogen-bond acceptors (Lipinski definition) is 5. The first-order chi connectivity index (χ1) is 15.1. The molecule has 8 heteroatoms. The summed E-state index contributed by atoms with van der Waals surface area (Å²) in [6.45, 7) is 5.33. The minimum Gasteiger partial charge on any atom is -0.356 e. The second kappa shape index (κ2) is 9.78. The molecule has 1 unspecified atom stereocenters. The number of nitrogens with one attached hydrogen (secondary N) is 3. The van der Waals surface area contributed by atoms with Gasteiger partial charge in [0, 0.05) is 76.1 Å². The van der Waals surface area contributed by atoms with Crippen molar-refractivity contribution in [3.05, 3.63) is 53.7 Å². The number of benzene rings is 1. The van der Waals surface area contributed by atoms with Gasteiger partial charge in [0.15, 0.2) is 5.96 Å². The van der Waals surface area contributed by atoms with E-state index < -0.39 is 0 Å². The molecule has 2 aromatic rings. The lowest BCUT2D eigenvalue weighted by Crippen LogP contribution is -2.45. The molecule has 3 N–H and O–H groups in total. The fourth-order valence-electron chi connectivity index (χ4n) is 4.17. The lowest BCUT2D eigenvalue weighted by atomic mass is 9.90. The van der Waals surface area contributed by atoms with E-state index in [0.717, 1.165) is 54.8 Å². The van der Waals surface area contributed by atoms with E-state index in [1.54, 1.807) is 7.05 Å². The molecule has 1 aromatic carbocycles. The predicted octanol–water partition coefficient (Wildman–Crippen LogP) is 1.62. The van der Waals surface area contributed by atoms with Gasteiger partial charge in [-0.3, -0.25) is 9.79 Å². The highest BCUT2D eigenvalue weighted by Crippen LogP contribution is 2.31. The second-order valence-electron chi connectivity index (χ2n) is 8.12. The van der Waals surface area contributed by atoms with E-state index in [1.807, 2.05) is 30.5 Å². The third-order valence-corrected chi connectivity index (χ3v) is 5.96. The van der Waals surface area contributed by atoms with Gasteiger partial charge in [-0.1, -0.05) is 24.3 Å². The summed E-state index contributed by atoms with van der Waals surface area (Å²) >= 11 is 0. The van der Waals surface area contributed by atoms with Gasteiger partial charge in [-0.05, 0) is 24.7 Å². The molecule has 0 radical (unpaired) electrons. The van der Waals surface area contributed by atoms with Gasteiger partial charge >= 0.3 is 0 Å². The van der Waals surface area contributed by atoms with Gasteiger partial charge in [0.1, 0.15) is 5.82 Å². The van der Waals surface area contributed by atoms with Gasteiger partial charge in [-0.25, -0.2) is 4.98 Å². The largest absolute Gasteiger partial charge is 0.356 e. The second-order valence-corrected chi connectivity index (χ2v) is 8.12. The number of hydrogen-bond donors (Lipinski definition) is 3. The summed E-state index contributed by atoms with van der Waals surface area (Å²) in [4.78, 5) is 25.8. The lowest BCUT2D eigenvalue weighted by molar-refractivity contribution is -0.116. The van der Waals surface area contributed by atoms with Crippen molar-refractivity contribution in [3.8, 4) is 0 Å². The third kappa shape index (κ3) is 5.14. The van der Waals surface area contributed by atoms with Gasteiger partial charge in [-0.15, -0.1) is 0 Å². The number of anilines is 2. The molecule has 0 saturated carbocycles. The molecule has 2 aliphatic heterocycles. The Labute approximate surface area is 183 Å². The molecule has 0 spiro atoms. The van der Waals surface area contributed by atoms with Crippen LogP contribution in [-0.2, 0) is 11.3 Å². The zero-order chi connectivity index (χ0) is 21.6. The Morgan fingerprint density at radius 1 is 1.16 bits per heavy atom. The Hall–Kier alpha value is -3.13. The average Bonchev–Trinajstić information content (AvgIpc) is 2.80. The van der Waals surface area contributed by atoms with Crippen LogP contribution in [0.15, 0.2) is 47.6 Å². The molecule has 1 aromatic heterocycles. The standard InChI is InChI=1S/C23H31N7O/c1-24-23(27-16-18-14-21(31)28-20-8-4-3-7-19(18)20)26-15-17-6-5-9-25-22(17)30-12-10-29(2)11-13-30/h3-9,18H,10-16H2,1-2H3,(H,28,31)(H2,24,26,27). The average molecular weight is 422 g/mol. The van der Waals surface area contributed by atoms with Gasteiger partial charge in [0.2, 0.25) is 5.91 Å². The van der Waals surface area contributed by atoms with Crippen LogP contribution in [-0.4, -0.2) is 68.6 Å². The molecule has 1 saturated heterocycles. The summed E-state index contributed by atoms with van der Waals surface area (Å²) in [6, 6.07) is 12.1. The molecule has 164 valence electrons. The Kier molecular flexibility index (Phi) is 6.66. The van der Waals surface area contributed by atoms with Crippen LogP contribution in [0.25, 0.3) is 0 Å². The molecule has 8 nitrogen and oxygen atoms in total. The maximum absolute atomic E-state index is 12.1. The SMILES string of the molecule is CN=C(NCc1cccnc1N1CCN(C)CC1)NCC1CC(=O)Nc2ccccc21. The van der Waals surface area contributed by atoms with Crippen molar-refractivity contribution in [3.63, 3.8) is 0 Å². The Morgan fingerprint density at radius 2 is 1.97 bits per heavy atom. The summed E-state index contributed by atoms with van der Waals surface area (Å²) in [5.41, 5.74) is 3.22. The highest BCUT2D eigenvalue weighted by atomic mass is 16.1. The maximum Gasteiger partial charge on any atom is 0.225 e. The summed E-state index contributed by atoms with van der Waals surface area (Å²) in [5.74, 6) is 1.93. The van der Waals surface area contributed by atoms with Crippen LogP contribution in [0.1, 0.15) is 23.5 Å². The molecule has 0 aliphatic carbocycles. The van der Waals surface area contributed by atoms with E-state index in [0.29, 0.717) is 19.5 Å². The van der Waals surface area contributed by atoms with Crippen LogP contribution in [0, 0.1) is 0 Å². The van der Waals surface area contributed by atoms with Crippen LogP contribution in [0.2, 0.25) is 0 Å². The molecule has 3 heterocycles. The highest BCUT2D eigenvalue weighted by Gasteiger charge is 2.25. The molecule has 31 heavy (non-hydrogen) atoms. The molecule has 1 amide bonds. The number of piperazine rings is 1. The summed E-state index contributed by atoms with van der Waals surface area (Å²) < 4.78 is 0. The zero-order valence-electron chi connectivity index (χ0n) is 18.3. The Bertz CT molecular complexity index is 937. The molecular formula is C23H31N7O. The number of para-hydroxylation sites is 1. The summed E-state index contributed by atoms with van der Waals surface area (Å²) in [7, 11) is 3.92. The molecule has 1 fully saturated rings. The fourth-order valence-corrected chi connectivity index (χ4v) is 4.17. The minimum absolute atomic E-state index is 0.0561. The van der Waals surface area contributed by atoms with Gasteiger partial charge in [-0.2, -0.15) is 0 Å². The number of rotatable bonds is 5. The topological polar surface area (TPSA) is 84.9 Å². The third-order valence-electron chi connectivity index (χ3n) is 5.96. The van der Waals surface area contributed by atoms with E-state index in [2.05, 4.69) is 54.9 Å². The van der Waals surface area contributed by atoms with Crippen LogP contribution in [0.4, 0.5) is 11.5 Å². The Morgan fingerprint density at radius 3 is 2.77 bits per heavy atom. The minimum atomic E-state index is 0.0561. The monoisotopic (exact) mass is 421 g/mol. The van der Waals surface area contributed by atoms with E-state index in [9.17, 15) is 4.79 Å². The van der Waals surface area contributed by atoms with Crippen LogP contribution >= 0.6 is 0 Å².